The number of nitrogen functional groups attached to an aromatic ring is 1. The Labute approximate surface area is 124 Å². The van der Waals surface area contributed by atoms with Gasteiger partial charge in [-0.3, -0.25) is 0 Å². The van der Waals surface area contributed by atoms with Gasteiger partial charge < -0.3 is 15.2 Å². The van der Waals surface area contributed by atoms with Crippen LogP contribution >= 0.6 is 15.9 Å². The summed E-state index contributed by atoms with van der Waals surface area (Å²) in [5.74, 6) is 0.0656. The third-order valence-corrected chi connectivity index (χ3v) is 3.25. The number of halogens is 1. The number of anilines is 1. The van der Waals surface area contributed by atoms with Crippen molar-refractivity contribution in [2.24, 2.45) is 0 Å². The second-order valence-corrected chi connectivity index (χ2v) is 4.72. The normalized spacial score (nSPS) is 10.2. The van der Waals surface area contributed by atoms with Gasteiger partial charge in [-0.2, -0.15) is 4.98 Å². The molecule has 0 aliphatic rings. The molecule has 1 heterocycles. The van der Waals surface area contributed by atoms with Crippen LogP contribution in [-0.2, 0) is 4.74 Å². The van der Waals surface area contributed by atoms with Crippen LogP contribution < -0.4 is 10.5 Å². The lowest BCUT2D eigenvalue weighted by molar-refractivity contribution is 0.0585. The summed E-state index contributed by atoms with van der Waals surface area (Å²) in [7, 11) is 1.27. The maximum absolute atomic E-state index is 11.5. The molecule has 6 nitrogen and oxygen atoms in total. The molecule has 2 N–H and O–H groups in total. The van der Waals surface area contributed by atoms with E-state index < -0.39 is 5.97 Å². The molecule has 1 aromatic heterocycles. The Morgan fingerprint density at radius 1 is 1.35 bits per heavy atom. The largest absolute Gasteiger partial charge is 0.463 e. The number of rotatable bonds is 3. The van der Waals surface area contributed by atoms with E-state index in [-0.39, 0.29) is 11.7 Å². The number of ether oxygens (including phenoxy) is 2. The highest BCUT2D eigenvalue weighted by molar-refractivity contribution is 9.10. The Bertz CT molecular complexity index is 661. The van der Waals surface area contributed by atoms with E-state index in [1.165, 1.54) is 7.11 Å². The number of esters is 1. The first-order valence-corrected chi connectivity index (χ1v) is 6.46. The van der Waals surface area contributed by atoms with Crippen molar-refractivity contribution in [1.82, 2.24) is 9.97 Å². The molecule has 0 unspecified atom stereocenters. The summed E-state index contributed by atoms with van der Waals surface area (Å²) in [4.78, 5) is 19.4. The topological polar surface area (TPSA) is 87.3 Å². The summed E-state index contributed by atoms with van der Waals surface area (Å²) < 4.78 is 10.8. The van der Waals surface area contributed by atoms with E-state index in [4.69, 9.17) is 10.5 Å². The summed E-state index contributed by atoms with van der Waals surface area (Å²) in [5, 5.41) is 0. The average Bonchev–Trinajstić information content (AvgIpc) is 2.42. The molecule has 0 atom stereocenters. The van der Waals surface area contributed by atoms with Gasteiger partial charge in [-0.05, 0) is 35.0 Å². The summed E-state index contributed by atoms with van der Waals surface area (Å²) in [6, 6.07) is 6.84. The fraction of sp³-hybridized carbons (Fsp3) is 0.154. The first-order valence-electron chi connectivity index (χ1n) is 5.67. The van der Waals surface area contributed by atoms with E-state index >= 15 is 0 Å². The van der Waals surface area contributed by atoms with Crippen LogP contribution in [-0.4, -0.2) is 23.0 Å². The molecule has 0 bridgehead atoms. The lowest BCUT2D eigenvalue weighted by atomic mass is 10.3. The second kappa shape index (κ2) is 5.87. The Kier molecular flexibility index (Phi) is 4.19. The van der Waals surface area contributed by atoms with Crippen LogP contribution in [0.5, 0.6) is 11.6 Å². The van der Waals surface area contributed by atoms with Crippen LogP contribution in [0.25, 0.3) is 0 Å². The molecule has 2 aromatic rings. The zero-order valence-corrected chi connectivity index (χ0v) is 12.5. The lowest BCUT2D eigenvalue weighted by Gasteiger charge is -2.09. The number of carbonyl (C=O) groups excluding carboxylic acids is 1. The Hall–Kier alpha value is -2.15. The Balaban J connectivity index is 2.36. The van der Waals surface area contributed by atoms with Gasteiger partial charge >= 0.3 is 5.97 Å². The number of hydrogen-bond acceptors (Lipinski definition) is 6. The van der Waals surface area contributed by atoms with E-state index in [1.54, 1.807) is 31.2 Å². The zero-order valence-electron chi connectivity index (χ0n) is 10.9. The number of aryl methyl sites for hydroxylation is 1. The number of hydrogen-bond donors (Lipinski definition) is 1. The van der Waals surface area contributed by atoms with Crippen molar-refractivity contribution in [3.63, 3.8) is 0 Å². The predicted molar refractivity (Wildman–Crippen MR) is 76.7 cm³/mol. The van der Waals surface area contributed by atoms with Crippen molar-refractivity contribution in [2.45, 2.75) is 6.92 Å². The fourth-order valence-corrected chi connectivity index (χ4v) is 1.84. The third-order valence-electron chi connectivity index (χ3n) is 2.41. The number of carbonyl (C=O) groups is 1. The second-order valence-electron chi connectivity index (χ2n) is 3.92. The minimum absolute atomic E-state index is 0.0532. The van der Waals surface area contributed by atoms with Crippen molar-refractivity contribution in [1.29, 1.82) is 0 Å². The lowest BCUT2D eigenvalue weighted by Crippen LogP contribution is -2.09. The summed E-state index contributed by atoms with van der Waals surface area (Å²) in [6.07, 6.45) is 0. The molecular weight excluding hydrogens is 326 g/mol. The summed E-state index contributed by atoms with van der Waals surface area (Å²) >= 11 is 3.33. The van der Waals surface area contributed by atoms with Crippen LogP contribution in [0.15, 0.2) is 28.7 Å². The highest BCUT2D eigenvalue weighted by Gasteiger charge is 2.13. The van der Waals surface area contributed by atoms with Crippen LogP contribution in [0.2, 0.25) is 0 Å². The highest BCUT2D eigenvalue weighted by Crippen LogP contribution is 2.33. The van der Waals surface area contributed by atoms with Crippen LogP contribution in [0.4, 0.5) is 5.69 Å². The molecule has 0 spiro atoms. The highest BCUT2D eigenvalue weighted by atomic mass is 79.9. The van der Waals surface area contributed by atoms with E-state index in [1.807, 2.05) is 0 Å². The van der Waals surface area contributed by atoms with Crippen molar-refractivity contribution >= 4 is 27.6 Å². The maximum atomic E-state index is 11.5. The van der Waals surface area contributed by atoms with E-state index in [0.29, 0.717) is 21.6 Å². The van der Waals surface area contributed by atoms with E-state index in [0.717, 1.165) is 0 Å². The Morgan fingerprint density at radius 2 is 2.10 bits per heavy atom. The zero-order chi connectivity index (χ0) is 14.7. The molecule has 2 rings (SSSR count). The molecular formula is C13H12BrN3O3. The van der Waals surface area contributed by atoms with E-state index in [2.05, 4.69) is 30.6 Å². The molecule has 0 saturated carbocycles. The van der Waals surface area contributed by atoms with Crippen molar-refractivity contribution in [3.05, 3.63) is 40.3 Å². The molecule has 104 valence electrons. The van der Waals surface area contributed by atoms with Gasteiger partial charge in [-0.1, -0.05) is 6.07 Å². The fourth-order valence-electron chi connectivity index (χ4n) is 1.49. The molecule has 0 aliphatic carbocycles. The smallest absolute Gasteiger partial charge is 0.376 e. The van der Waals surface area contributed by atoms with Gasteiger partial charge in [-0.25, -0.2) is 9.78 Å². The SMILES string of the molecule is COC(=O)c1nc(C)cc(Oc2cccc(N)c2Br)n1. The molecule has 0 amide bonds. The summed E-state index contributed by atoms with van der Waals surface area (Å²) in [5.41, 5.74) is 6.91. The number of nitrogens with zero attached hydrogens (tertiary/aromatic N) is 2. The number of methoxy groups -OCH3 is 1. The quantitative estimate of drug-likeness (QED) is 0.684. The number of nitrogens with two attached hydrogens (primary N) is 1. The van der Waals surface area contributed by atoms with Crippen molar-refractivity contribution < 1.29 is 14.3 Å². The molecule has 7 heteroatoms. The van der Waals surface area contributed by atoms with Gasteiger partial charge in [0.2, 0.25) is 11.7 Å². The molecule has 0 aliphatic heterocycles. The van der Waals surface area contributed by atoms with Crippen molar-refractivity contribution in [3.8, 4) is 11.6 Å². The van der Waals surface area contributed by atoms with Crippen molar-refractivity contribution in [2.75, 3.05) is 12.8 Å². The minimum Gasteiger partial charge on any atom is -0.463 e. The molecule has 0 fully saturated rings. The molecule has 0 saturated heterocycles. The van der Waals surface area contributed by atoms with Gasteiger partial charge in [0.25, 0.3) is 0 Å². The monoisotopic (exact) mass is 337 g/mol. The minimum atomic E-state index is -0.620. The van der Waals surface area contributed by atoms with E-state index in [9.17, 15) is 4.79 Å². The van der Waals surface area contributed by atoms with Crippen LogP contribution in [0.1, 0.15) is 16.3 Å². The average molecular weight is 338 g/mol. The van der Waals surface area contributed by atoms with Gasteiger partial charge in [0.05, 0.1) is 11.6 Å². The maximum Gasteiger partial charge on any atom is 0.376 e. The standard InChI is InChI=1S/C13H12BrN3O3/c1-7-6-10(17-12(16-7)13(18)19-2)20-9-5-3-4-8(15)11(9)14/h3-6H,15H2,1-2H3. The van der Waals surface area contributed by atoms with Crippen LogP contribution in [0, 0.1) is 6.92 Å². The van der Waals surface area contributed by atoms with Gasteiger partial charge in [0.1, 0.15) is 5.75 Å². The number of aromatic nitrogens is 2. The van der Waals surface area contributed by atoms with Gasteiger partial charge in [0, 0.05) is 17.4 Å². The Morgan fingerprint density at radius 3 is 2.80 bits per heavy atom. The van der Waals surface area contributed by atoms with Crippen LogP contribution in [0.3, 0.4) is 0 Å². The first-order chi connectivity index (χ1) is 9.51. The summed E-state index contributed by atoms with van der Waals surface area (Å²) in [6.45, 7) is 1.73. The van der Waals surface area contributed by atoms with Gasteiger partial charge in [0.15, 0.2) is 0 Å². The first kappa shape index (κ1) is 14.3. The third kappa shape index (κ3) is 3.05. The molecule has 20 heavy (non-hydrogen) atoms. The predicted octanol–water partition coefficient (Wildman–Crippen LogP) is 2.71. The molecule has 0 radical (unpaired) electrons. The van der Waals surface area contributed by atoms with Gasteiger partial charge in [-0.15, -0.1) is 0 Å². The molecule has 1 aromatic carbocycles. The number of benzene rings is 1.